The van der Waals surface area contributed by atoms with Gasteiger partial charge in [-0.1, -0.05) is 39.5 Å². The fourth-order valence-electron chi connectivity index (χ4n) is 1.34. The zero-order valence-corrected chi connectivity index (χ0v) is 12.4. The molecule has 18 heavy (non-hydrogen) atoms. The third kappa shape index (κ3) is 3.94. The Labute approximate surface area is 112 Å². The van der Waals surface area contributed by atoms with Gasteiger partial charge in [-0.3, -0.25) is 4.79 Å². The van der Waals surface area contributed by atoms with Crippen molar-refractivity contribution < 1.29 is 0 Å². The van der Waals surface area contributed by atoms with Gasteiger partial charge in [0.2, 0.25) is 5.16 Å². The van der Waals surface area contributed by atoms with Gasteiger partial charge in [0.1, 0.15) is 5.69 Å². The Bertz CT molecular complexity index is 479. The highest BCUT2D eigenvalue weighted by Gasteiger charge is 2.12. The fourth-order valence-corrected chi connectivity index (χ4v) is 1.77. The van der Waals surface area contributed by atoms with Gasteiger partial charge in [0.05, 0.1) is 0 Å². The van der Waals surface area contributed by atoms with Gasteiger partial charge >= 0.3 is 0 Å². The van der Waals surface area contributed by atoms with E-state index in [-0.39, 0.29) is 11.5 Å². The SMILES string of the molecule is CSc1nnc(CC(C)C)c(=O)n1N=CC(C)C. The van der Waals surface area contributed by atoms with Crippen molar-refractivity contribution in [1.82, 2.24) is 14.9 Å². The Balaban J connectivity index is 3.23. The molecule has 100 valence electrons. The lowest BCUT2D eigenvalue weighted by Crippen LogP contribution is -2.26. The van der Waals surface area contributed by atoms with E-state index in [9.17, 15) is 4.79 Å². The van der Waals surface area contributed by atoms with Crippen molar-refractivity contribution >= 4 is 18.0 Å². The van der Waals surface area contributed by atoms with Gasteiger partial charge in [-0.15, -0.1) is 10.2 Å². The highest BCUT2D eigenvalue weighted by Crippen LogP contribution is 2.09. The number of hydrogen-bond acceptors (Lipinski definition) is 5. The van der Waals surface area contributed by atoms with Gasteiger partial charge < -0.3 is 0 Å². The molecule has 0 aliphatic heterocycles. The molecule has 0 amide bonds. The van der Waals surface area contributed by atoms with Gasteiger partial charge in [-0.05, 0) is 24.5 Å². The van der Waals surface area contributed by atoms with Crippen LogP contribution in [0.4, 0.5) is 0 Å². The Hall–Kier alpha value is -1.17. The Morgan fingerprint density at radius 1 is 1.33 bits per heavy atom. The molecule has 1 aromatic heterocycles. The first-order valence-corrected chi connectivity index (χ1v) is 7.25. The average Bonchev–Trinajstić information content (AvgIpc) is 2.29. The van der Waals surface area contributed by atoms with Crippen LogP contribution in [0.3, 0.4) is 0 Å². The molecule has 0 N–H and O–H groups in total. The van der Waals surface area contributed by atoms with Gasteiger partial charge in [-0.2, -0.15) is 9.78 Å². The van der Waals surface area contributed by atoms with Gasteiger partial charge in [0.25, 0.3) is 5.56 Å². The molecule has 0 saturated heterocycles. The van der Waals surface area contributed by atoms with Crippen LogP contribution >= 0.6 is 11.8 Å². The summed E-state index contributed by atoms with van der Waals surface area (Å²) in [6.07, 6.45) is 4.21. The van der Waals surface area contributed by atoms with Crippen molar-refractivity contribution in [2.75, 3.05) is 6.26 Å². The van der Waals surface area contributed by atoms with Crippen LogP contribution in [0.15, 0.2) is 15.1 Å². The second-order valence-electron chi connectivity index (χ2n) is 4.86. The van der Waals surface area contributed by atoms with Crippen LogP contribution in [0.25, 0.3) is 0 Å². The molecule has 0 saturated carbocycles. The molecule has 0 radical (unpaired) electrons. The summed E-state index contributed by atoms with van der Waals surface area (Å²) in [6.45, 7) is 8.12. The number of rotatable bonds is 5. The zero-order valence-electron chi connectivity index (χ0n) is 11.5. The lowest BCUT2D eigenvalue weighted by Gasteiger charge is -2.07. The van der Waals surface area contributed by atoms with Crippen LogP contribution in [0.5, 0.6) is 0 Å². The number of aromatic nitrogens is 3. The maximum Gasteiger partial charge on any atom is 0.296 e. The summed E-state index contributed by atoms with van der Waals surface area (Å²) in [6, 6.07) is 0. The maximum absolute atomic E-state index is 12.2. The van der Waals surface area contributed by atoms with Crippen molar-refractivity contribution in [3.63, 3.8) is 0 Å². The van der Waals surface area contributed by atoms with E-state index in [0.29, 0.717) is 23.2 Å². The number of nitrogens with zero attached hydrogens (tertiary/aromatic N) is 4. The molecule has 0 spiro atoms. The largest absolute Gasteiger partial charge is 0.296 e. The predicted molar refractivity (Wildman–Crippen MR) is 75.3 cm³/mol. The molecule has 1 aromatic rings. The normalized spacial score (nSPS) is 11.9. The molecule has 0 unspecified atom stereocenters. The van der Waals surface area contributed by atoms with Crippen molar-refractivity contribution in [2.24, 2.45) is 16.9 Å². The Morgan fingerprint density at radius 2 is 2.00 bits per heavy atom. The number of hydrogen-bond donors (Lipinski definition) is 0. The summed E-state index contributed by atoms with van der Waals surface area (Å²) in [7, 11) is 0. The topological polar surface area (TPSA) is 60.1 Å². The standard InChI is InChI=1S/C12H20N4OS/c1-8(2)6-10-11(17)16(13-7-9(3)4)12(18-5)15-14-10/h7-9H,6H2,1-5H3. The fraction of sp³-hybridized carbons (Fsp3) is 0.667. The molecule has 0 bridgehead atoms. The number of thioether (sulfide) groups is 1. The summed E-state index contributed by atoms with van der Waals surface area (Å²) < 4.78 is 1.34. The summed E-state index contributed by atoms with van der Waals surface area (Å²) in [5.74, 6) is 0.656. The molecule has 0 aromatic carbocycles. The predicted octanol–water partition coefficient (Wildman–Crippen LogP) is 2.05. The Morgan fingerprint density at radius 3 is 2.50 bits per heavy atom. The van der Waals surface area contributed by atoms with Crippen LogP contribution in [0.1, 0.15) is 33.4 Å². The molecule has 1 heterocycles. The van der Waals surface area contributed by atoms with Gasteiger partial charge in [0.15, 0.2) is 0 Å². The summed E-state index contributed by atoms with van der Waals surface area (Å²) in [5.41, 5.74) is 0.309. The molecule has 6 heteroatoms. The van der Waals surface area contributed by atoms with Gasteiger partial charge in [-0.25, -0.2) is 0 Å². The lowest BCUT2D eigenvalue weighted by molar-refractivity contribution is 0.570. The first-order chi connectivity index (χ1) is 8.45. The first-order valence-electron chi connectivity index (χ1n) is 6.02. The maximum atomic E-state index is 12.2. The third-order valence-corrected chi connectivity index (χ3v) is 2.76. The third-order valence-electron chi connectivity index (χ3n) is 2.14. The highest BCUT2D eigenvalue weighted by molar-refractivity contribution is 7.98. The van der Waals surface area contributed by atoms with Crippen LogP contribution in [-0.4, -0.2) is 27.3 Å². The van der Waals surface area contributed by atoms with Crippen molar-refractivity contribution in [2.45, 2.75) is 39.3 Å². The van der Waals surface area contributed by atoms with Crippen molar-refractivity contribution in [3.05, 3.63) is 16.0 Å². The monoisotopic (exact) mass is 268 g/mol. The summed E-state index contributed by atoms with van der Waals surface area (Å²) in [5, 5.41) is 12.8. The van der Waals surface area contributed by atoms with E-state index >= 15 is 0 Å². The minimum atomic E-state index is -0.167. The van der Waals surface area contributed by atoms with Gasteiger partial charge in [0, 0.05) is 6.21 Å². The molecule has 0 aliphatic carbocycles. The first kappa shape index (κ1) is 14.9. The molecule has 0 aliphatic rings. The molecule has 1 rings (SSSR count). The highest BCUT2D eigenvalue weighted by atomic mass is 32.2. The van der Waals surface area contributed by atoms with Crippen molar-refractivity contribution in [1.29, 1.82) is 0 Å². The van der Waals surface area contributed by atoms with Crippen LogP contribution < -0.4 is 5.56 Å². The molecule has 0 fully saturated rings. The minimum Gasteiger partial charge on any atom is -0.265 e. The van der Waals surface area contributed by atoms with Crippen LogP contribution in [-0.2, 0) is 6.42 Å². The molecular weight excluding hydrogens is 248 g/mol. The Kier molecular flexibility index (Phi) is 5.53. The molecule has 0 atom stereocenters. The van der Waals surface area contributed by atoms with E-state index < -0.39 is 0 Å². The second-order valence-corrected chi connectivity index (χ2v) is 5.63. The lowest BCUT2D eigenvalue weighted by atomic mass is 10.1. The van der Waals surface area contributed by atoms with Crippen molar-refractivity contribution in [3.8, 4) is 0 Å². The molecule has 5 nitrogen and oxygen atoms in total. The summed E-state index contributed by atoms with van der Waals surface area (Å²) in [4.78, 5) is 12.2. The van der Waals surface area contributed by atoms with E-state index in [1.54, 1.807) is 6.21 Å². The second kappa shape index (κ2) is 6.68. The smallest absolute Gasteiger partial charge is 0.265 e. The van der Waals surface area contributed by atoms with Crippen LogP contribution in [0, 0.1) is 11.8 Å². The zero-order chi connectivity index (χ0) is 13.7. The van der Waals surface area contributed by atoms with E-state index in [0.717, 1.165) is 0 Å². The van der Waals surface area contributed by atoms with Crippen LogP contribution in [0.2, 0.25) is 0 Å². The van der Waals surface area contributed by atoms with E-state index in [1.165, 1.54) is 16.4 Å². The quantitative estimate of drug-likeness (QED) is 0.605. The van der Waals surface area contributed by atoms with E-state index in [2.05, 4.69) is 15.3 Å². The van der Waals surface area contributed by atoms with E-state index in [4.69, 9.17) is 0 Å². The molecular formula is C12H20N4OS. The average molecular weight is 268 g/mol. The minimum absolute atomic E-state index is 0.167. The summed E-state index contributed by atoms with van der Waals surface area (Å²) >= 11 is 1.36. The van der Waals surface area contributed by atoms with E-state index in [1.807, 2.05) is 34.0 Å².